The fourth-order valence-electron chi connectivity index (χ4n) is 2.63. The van der Waals surface area contributed by atoms with E-state index in [0.29, 0.717) is 29.8 Å². The number of aryl methyl sites for hydroxylation is 2. The van der Waals surface area contributed by atoms with Crippen molar-refractivity contribution in [2.24, 2.45) is 10.7 Å². The first kappa shape index (κ1) is 21.9. The Balaban J connectivity index is 0.00000338. The van der Waals surface area contributed by atoms with Crippen LogP contribution < -0.4 is 25.3 Å². The molecule has 7 heteroatoms. The van der Waals surface area contributed by atoms with Crippen LogP contribution in [-0.4, -0.2) is 27.3 Å². The molecule has 0 aromatic heterocycles. The minimum absolute atomic E-state index is 0. The van der Waals surface area contributed by atoms with E-state index in [4.69, 9.17) is 19.9 Å². The Kier molecular flexibility index (Phi) is 8.50. The predicted octanol–water partition coefficient (Wildman–Crippen LogP) is 3.87. The standard InChI is InChI=1S/C19H25N3O3.HI/c1-12-6-13(2)8-14(7-12)22-19(20)21-11-16-17(24-4)9-15(23-3)10-18(16)25-5;/h6-10H,11H2,1-5H3,(H3,20,21,22);1H. The lowest BCUT2D eigenvalue weighted by molar-refractivity contribution is 0.369. The average Bonchev–Trinajstić information content (AvgIpc) is 2.58. The molecule has 0 saturated carbocycles. The van der Waals surface area contributed by atoms with Crippen molar-refractivity contribution in [1.29, 1.82) is 0 Å². The van der Waals surface area contributed by atoms with Gasteiger partial charge in [0.25, 0.3) is 0 Å². The summed E-state index contributed by atoms with van der Waals surface area (Å²) in [4.78, 5) is 4.40. The first-order valence-corrected chi connectivity index (χ1v) is 7.91. The van der Waals surface area contributed by atoms with E-state index >= 15 is 0 Å². The number of rotatable bonds is 6. The lowest BCUT2D eigenvalue weighted by atomic mass is 10.1. The number of nitrogens with zero attached hydrogens (tertiary/aromatic N) is 1. The van der Waals surface area contributed by atoms with Crippen molar-refractivity contribution < 1.29 is 14.2 Å². The maximum atomic E-state index is 6.03. The highest BCUT2D eigenvalue weighted by Crippen LogP contribution is 2.34. The number of ether oxygens (including phenoxy) is 3. The SMILES string of the molecule is COc1cc(OC)c(CN=C(N)Nc2cc(C)cc(C)c2)c(OC)c1.I. The molecule has 0 spiro atoms. The van der Waals surface area contributed by atoms with Crippen LogP contribution in [0.15, 0.2) is 35.3 Å². The molecule has 2 aromatic carbocycles. The Labute approximate surface area is 171 Å². The van der Waals surface area contributed by atoms with Crippen molar-refractivity contribution >= 4 is 35.6 Å². The van der Waals surface area contributed by atoms with E-state index in [0.717, 1.165) is 22.4 Å². The third-order valence-electron chi connectivity index (χ3n) is 3.72. The third-order valence-corrected chi connectivity index (χ3v) is 3.72. The van der Waals surface area contributed by atoms with Gasteiger partial charge in [0.05, 0.1) is 33.4 Å². The van der Waals surface area contributed by atoms with Crippen molar-refractivity contribution in [3.63, 3.8) is 0 Å². The molecule has 0 fully saturated rings. The summed E-state index contributed by atoms with van der Waals surface area (Å²) < 4.78 is 16.1. The van der Waals surface area contributed by atoms with Gasteiger partial charge in [-0.1, -0.05) is 6.07 Å². The van der Waals surface area contributed by atoms with Crippen LogP contribution >= 0.6 is 24.0 Å². The fraction of sp³-hybridized carbons (Fsp3) is 0.316. The number of methoxy groups -OCH3 is 3. The number of nitrogens with one attached hydrogen (secondary N) is 1. The van der Waals surface area contributed by atoms with Crippen LogP contribution in [0.3, 0.4) is 0 Å². The van der Waals surface area contributed by atoms with Crippen molar-refractivity contribution in [3.05, 3.63) is 47.0 Å². The summed E-state index contributed by atoms with van der Waals surface area (Å²) in [7, 11) is 4.79. The van der Waals surface area contributed by atoms with E-state index in [1.165, 1.54) is 0 Å². The summed E-state index contributed by atoms with van der Waals surface area (Å²) in [5.74, 6) is 2.26. The van der Waals surface area contributed by atoms with Crippen LogP contribution in [0.25, 0.3) is 0 Å². The second-order valence-corrected chi connectivity index (χ2v) is 5.71. The maximum absolute atomic E-state index is 6.03. The van der Waals surface area contributed by atoms with Crippen molar-refractivity contribution in [3.8, 4) is 17.2 Å². The van der Waals surface area contributed by atoms with Gasteiger partial charge in [-0.15, -0.1) is 24.0 Å². The summed E-state index contributed by atoms with van der Waals surface area (Å²) in [6, 6.07) is 9.72. The second-order valence-electron chi connectivity index (χ2n) is 5.71. The first-order chi connectivity index (χ1) is 12.0. The summed E-state index contributed by atoms with van der Waals surface area (Å²) in [5, 5.41) is 3.11. The molecule has 0 saturated heterocycles. The van der Waals surface area contributed by atoms with E-state index in [2.05, 4.69) is 16.4 Å². The molecule has 0 radical (unpaired) electrons. The molecule has 142 valence electrons. The summed E-state index contributed by atoms with van der Waals surface area (Å²) >= 11 is 0. The van der Waals surface area contributed by atoms with Gasteiger partial charge in [-0.05, 0) is 37.1 Å². The van der Waals surface area contributed by atoms with Crippen LogP contribution in [-0.2, 0) is 6.54 Å². The predicted molar refractivity (Wildman–Crippen MR) is 116 cm³/mol. The normalized spacial score (nSPS) is 10.7. The molecule has 0 aliphatic heterocycles. The molecule has 3 N–H and O–H groups in total. The number of hydrogen-bond donors (Lipinski definition) is 2. The van der Waals surface area contributed by atoms with Gasteiger partial charge >= 0.3 is 0 Å². The lowest BCUT2D eigenvalue weighted by Gasteiger charge is -2.14. The third kappa shape index (κ3) is 5.69. The number of nitrogens with two attached hydrogens (primary N) is 1. The van der Waals surface area contributed by atoms with Gasteiger partial charge in [0.1, 0.15) is 17.2 Å². The van der Waals surface area contributed by atoms with Crippen LogP contribution in [0.2, 0.25) is 0 Å². The summed E-state index contributed by atoms with van der Waals surface area (Å²) in [6.45, 7) is 4.40. The number of aliphatic imine (C=N–C) groups is 1. The van der Waals surface area contributed by atoms with Gasteiger partial charge in [0, 0.05) is 17.8 Å². The first-order valence-electron chi connectivity index (χ1n) is 7.91. The molecule has 0 aliphatic carbocycles. The highest BCUT2D eigenvalue weighted by Gasteiger charge is 2.13. The Hall–Kier alpha value is -2.16. The van der Waals surface area contributed by atoms with Crippen LogP contribution in [0.1, 0.15) is 16.7 Å². The molecule has 0 bridgehead atoms. The minimum atomic E-state index is 0. The highest BCUT2D eigenvalue weighted by molar-refractivity contribution is 14.0. The van der Waals surface area contributed by atoms with E-state index in [-0.39, 0.29) is 24.0 Å². The maximum Gasteiger partial charge on any atom is 0.193 e. The molecule has 0 aliphatic rings. The lowest BCUT2D eigenvalue weighted by Crippen LogP contribution is -2.22. The van der Waals surface area contributed by atoms with Crippen molar-refractivity contribution in [1.82, 2.24) is 0 Å². The highest BCUT2D eigenvalue weighted by atomic mass is 127. The number of benzene rings is 2. The second kappa shape index (κ2) is 10.1. The van der Waals surface area contributed by atoms with Gasteiger partial charge in [0.15, 0.2) is 5.96 Å². The quantitative estimate of drug-likeness (QED) is 0.380. The molecular formula is C19H26IN3O3. The van der Waals surface area contributed by atoms with E-state index in [1.54, 1.807) is 33.5 Å². The van der Waals surface area contributed by atoms with Crippen LogP contribution in [0.4, 0.5) is 5.69 Å². The zero-order valence-corrected chi connectivity index (χ0v) is 18.1. The van der Waals surface area contributed by atoms with Crippen molar-refractivity contribution in [2.45, 2.75) is 20.4 Å². The van der Waals surface area contributed by atoms with Crippen molar-refractivity contribution in [2.75, 3.05) is 26.6 Å². The molecule has 26 heavy (non-hydrogen) atoms. The van der Waals surface area contributed by atoms with E-state index < -0.39 is 0 Å². The Morgan fingerprint density at radius 1 is 0.923 bits per heavy atom. The molecule has 0 amide bonds. The Bertz CT molecular complexity index is 733. The monoisotopic (exact) mass is 471 g/mol. The fourth-order valence-corrected chi connectivity index (χ4v) is 2.63. The van der Waals surface area contributed by atoms with Gasteiger partial charge in [-0.2, -0.15) is 0 Å². The summed E-state index contributed by atoms with van der Waals surface area (Å²) in [6.07, 6.45) is 0. The molecule has 2 rings (SSSR count). The minimum Gasteiger partial charge on any atom is -0.496 e. The number of guanidine groups is 1. The molecule has 2 aromatic rings. The number of halogens is 1. The zero-order valence-electron chi connectivity index (χ0n) is 15.8. The summed E-state index contributed by atoms with van der Waals surface area (Å²) in [5.41, 5.74) is 10.1. The van der Waals surface area contributed by atoms with Gasteiger partial charge < -0.3 is 25.3 Å². The molecule has 6 nitrogen and oxygen atoms in total. The Morgan fingerprint density at radius 3 is 1.92 bits per heavy atom. The molecule has 0 heterocycles. The molecule has 0 atom stereocenters. The van der Waals surface area contributed by atoms with E-state index in [1.807, 2.05) is 26.0 Å². The smallest absolute Gasteiger partial charge is 0.193 e. The van der Waals surface area contributed by atoms with Gasteiger partial charge in [-0.3, -0.25) is 0 Å². The van der Waals surface area contributed by atoms with Gasteiger partial charge in [-0.25, -0.2) is 4.99 Å². The van der Waals surface area contributed by atoms with Crippen LogP contribution in [0, 0.1) is 13.8 Å². The topological polar surface area (TPSA) is 78.1 Å². The number of anilines is 1. The zero-order chi connectivity index (χ0) is 18.4. The van der Waals surface area contributed by atoms with E-state index in [9.17, 15) is 0 Å². The largest absolute Gasteiger partial charge is 0.496 e. The average molecular weight is 471 g/mol. The van der Waals surface area contributed by atoms with Crippen LogP contribution in [0.5, 0.6) is 17.2 Å². The molecular weight excluding hydrogens is 445 g/mol. The van der Waals surface area contributed by atoms with Gasteiger partial charge in [0.2, 0.25) is 0 Å². The Morgan fingerprint density at radius 2 is 1.46 bits per heavy atom. The molecule has 0 unspecified atom stereocenters. The number of hydrogen-bond acceptors (Lipinski definition) is 4.